The van der Waals surface area contributed by atoms with Crippen molar-refractivity contribution in [3.8, 4) is 11.5 Å². The summed E-state index contributed by atoms with van der Waals surface area (Å²) in [6.45, 7) is 10.3. The molecule has 4 rings (SSSR count). The molecule has 2 heterocycles. The number of carbonyl (C=O) groups excluding carboxylic acids is 2. The SMILES string of the molecule is Cc1cc(CCC(C)N2C(=O)COc3c(C)cccc32)c2c(c1)N(C(C)C)C(=O)CO2. The number of hydrogen-bond acceptors (Lipinski definition) is 4. The topological polar surface area (TPSA) is 59.1 Å². The molecule has 2 aliphatic heterocycles. The molecule has 164 valence electrons. The predicted molar refractivity (Wildman–Crippen MR) is 121 cm³/mol. The van der Waals surface area contributed by atoms with E-state index in [1.165, 1.54) is 0 Å². The normalized spacial score (nSPS) is 16.6. The van der Waals surface area contributed by atoms with Gasteiger partial charge in [-0.1, -0.05) is 18.2 Å². The second-order valence-electron chi connectivity index (χ2n) is 8.78. The van der Waals surface area contributed by atoms with Crippen LogP contribution < -0.4 is 19.3 Å². The minimum absolute atomic E-state index is 0.000429. The number of rotatable bonds is 5. The van der Waals surface area contributed by atoms with Crippen LogP contribution in [0.2, 0.25) is 0 Å². The molecule has 6 nitrogen and oxygen atoms in total. The summed E-state index contributed by atoms with van der Waals surface area (Å²) in [4.78, 5) is 28.8. The summed E-state index contributed by atoms with van der Waals surface area (Å²) < 4.78 is 11.6. The summed E-state index contributed by atoms with van der Waals surface area (Å²) in [5, 5.41) is 0. The van der Waals surface area contributed by atoms with Gasteiger partial charge in [-0.05, 0) is 76.3 Å². The minimum atomic E-state index is -0.0234. The van der Waals surface area contributed by atoms with Crippen molar-refractivity contribution < 1.29 is 19.1 Å². The van der Waals surface area contributed by atoms with Crippen molar-refractivity contribution in [1.29, 1.82) is 0 Å². The highest BCUT2D eigenvalue weighted by molar-refractivity contribution is 5.99. The van der Waals surface area contributed by atoms with Crippen LogP contribution >= 0.6 is 0 Å². The van der Waals surface area contributed by atoms with Gasteiger partial charge in [0.25, 0.3) is 11.8 Å². The number of fused-ring (bicyclic) bond motifs is 2. The molecule has 2 amide bonds. The number of amides is 2. The van der Waals surface area contributed by atoms with E-state index in [1.807, 2.05) is 61.8 Å². The summed E-state index contributed by atoms with van der Waals surface area (Å²) in [5.41, 5.74) is 4.88. The third kappa shape index (κ3) is 3.87. The van der Waals surface area contributed by atoms with E-state index in [4.69, 9.17) is 9.47 Å². The molecule has 31 heavy (non-hydrogen) atoms. The van der Waals surface area contributed by atoms with Gasteiger partial charge in [-0.2, -0.15) is 0 Å². The molecule has 1 unspecified atom stereocenters. The number of anilines is 2. The van der Waals surface area contributed by atoms with Crippen LogP contribution in [0.25, 0.3) is 0 Å². The van der Waals surface area contributed by atoms with Gasteiger partial charge >= 0.3 is 0 Å². The molecule has 0 radical (unpaired) electrons. The Labute approximate surface area is 183 Å². The first kappa shape index (κ1) is 21.2. The smallest absolute Gasteiger partial charge is 0.265 e. The van der Waals surface area contributed by atoms with E-state index in [0.29, 0.717) is 0 Å². The van der Waals surface area contributed by atoms with Crippen LogP contribution in [0, 0.1) is 13.8 Å². The summed E-state index contributed by atoms with van der Waals surface area (Å²) in [6, 6.07) is 10.1. The van der Waals surface area contributed by atoms with Gasteiger partial charge < -0.3 is 19.3 Å². The first-order chi connectivity index (χ1) is 14.8. The number of para-hydroxylation sites is 1. The van der Waals surface area contributed by atoms with Crippen LogP contribution in [0.3, 0.4) is 0 Å². The number of aryl methyl sites for hydroxylation is 3. The van der Waals surface area contributed by atoms with Crippen LogP contribution in [0.15, 0.2) is 30.3 Å². The Morgan fingerprint density at radius 1 is 0.903 bits per heavy atom. The second-order valence-corrected chi connectivity index (χ2v) is 8.78. The number of hydrogen-bond donors (Lipinski definition) is 0. The standard InChI is InChI=1S/C25H30N2O4/c1-15(2)26-21-12-16(3)11-19(25(21)31-13-22(26)28)10-9-18(5)27-20-8-6-7-17(4)24(20)30-14-23(27)29/h6-8,11-12,15,18H,9-10,13-14H2,1-5H3. The van der Waals surface area contributed by atoms with Gasteiger partial charge in [0.05, 0.1) is 11.4 Å². The molecular formula is C25H30N2O4. The number of benzene rings is 2. The molecule has 1 atom stereocenters. The maximum absolute atomic E-state index is 12.7. The van der Waals surface area contributed by atoms with Crippen molar-refractivity contribution in [2.24, 2.45) is 0 Å². The second kappa shape index (κ2) is 8.25. The van der Waals surface area contributed by atoms with Crippen molar-refractivity contribution in [3.63, 3.8) is 0 Å². The molecule has 0 aromatic heterocycles. The van der Waals surface area contributed by atoms with E-state index in [9.17, 15) is 9.59 Å². The Morgan fingerprint density at radius 2 is 1.58 bits per heavy atom. The number of nitrogens with zero attached hydrogens (tertiary/aromatic N) is 2. The Kier molecular flexibility index (Phi) is 5.65. The molecule has 0 saturated carbocycles. The van der Waals surface area contributed by atoms with Crippen LogP contribution in [0.4, 0.5) is 11.4 Å². The van der Waals surface area contributed by atoms with Crippen molar-refractivity contribution in [2.45, 2.75) is 59.5 Å². The fraction of sp³-hybridized carbons (Fsp3) is 0.440. The van der Waals surface area contributed by atoms with Crippen molar-refractivity contribution in [1.82, 2.24) is 0 Å². The van der Waals surface area contributed by atoms with Gasteiger partial charge in [0.15, 0.2) is 13.2 Å². The average Bonchev–Trinajstić information content (AvgIpc) is 2.71. The molecule has 0 fully saturated rings. The first-order valence-corrected chi connectivity index (χ1v) is 10.9. The van der Waals surface area contributed by atoms with E-state index >= 15 is 0 Å². The van der Waals surface area contributed by atoms with Gasteiger partial charge in [0.1, 0.15) is 11.5 Å². The van der Waals surface area contributed by atoms with Crippen molar-refractivity contribution >= 4 is 23.2 Å². The summed E-state index contributed by atoms with van der Waals surface area (Å²) in [6.07, 6.45) is 1.52. The number of carbonyl (C=O) groups is 2. The fourth-order valence-electron chi connectivity index (χ4n) is 4.59. The molecule has 0 bridgehead atoms. The third-order valence-corrected chi connectivity index (χ3v) is 6.01. The van der Waals surface area contributed by atoms with Gasteiger partial charge in [0.2, 0.25) is 0 Å². The highest BCUT2D eigenvalue weighted by Crippen LogP contribution is 2.40. The monoisotopic (exact) mass is 422 g/mol. The van der Waals surface area contributed by atoms with Crippen LogP contribution in [0.1, 0.15) is 43.9 Å². The Balaban J connectivity index is 1.60. The lowest BCUT2D eigenvalue weighted by molar-refractivity contribution is -0.122. The highest BCUT2D eigenvalue weighted by atomic mass is 16.5. The molecule has 2 aromatic carbocycles. The average molecular weight is 423 g/mol. The Hall–Kier alpha value is -3.02. The Morgan fingerprint density at radius 3 is 2.29 bits per heavy atom. The Bertz CT molecular complexity index is 1030. The quantitative estimate of drug-likeness (QED) is 0.725. The maximum Gasteiger partial charge on any atom is 0.265 e. The van der Waals surface area contributed by atoms with Crippen LogP contribution in [-0.4, -0.2) is 37.1 Å². The lowest BCUT2D eigenvalue weighted by Crippen LogP contribution is -2.45. The van der Waals surface area contributed by atoms with Crippen LogP contribution in [-0.2, 0) is 16.0 Å². The van der Waals surface area contributed by atoms with Crippen molar-refractivity contribution in [3.05, 3.63) is 47.0 Å². The van der Waals surface area contributed by atoms with Crippen LogP contribution in [0.5, 0.6) is 11.5 Å². The molecular weight excluding hydrogens is 392 g/mol. The van der Waals surface area contributed by atoms with E-state index in [1.54, 1.807) is 0 Å². The van der Waals surface area contributed by atoms with Gasteiger partial charge in [-0.25, -0.2) is 0 Å². The zero-order valence-electron chi connectivity index (χ0n) is 18.9. The van der Waals surface area contributed by atoms with Crippen molar-refractivity contribution in [2.75, 3.05) is 23.0 Å². The lowest BCUT2D eigenvalue weighted by atomic mass is 9.98. The molecule has 0 N–H and O–H groups in total. The summed E-state index contributed by atoms with van der Waals surface area (Å²) in [7, 11) is 0. The first-order valence-electron chi connectivity index (χ1n) is 10.9. The van der Waals surface area contributed by atoms with Gasteiger partial charge in [-0.3, -0.25) is 9.59 Å². The molecule has 6 heteroatoms. The highest BCUT2D eigenvalue weighted by Gasteiger charge is 2.32. The number of ether oxygens (including phenoxy) is 2. The maximum atomic E-state index is 12.7. The van der Waals surface area contributed by atoms with Gasteiger partial charge in [0, 0.05) is 12.1 Å². The molecule has 0 saturated heterocycles. The summed E-state index contributed by atoms with van der Waals surface area (Å²) >= 11 is 0. The molecule has 0 spiro atoms. The minimum Gasteiger partial charge on any atom is -0.481 e. The van der Waals surface area contributed by atoms with E-state index in [-0.39, 0.29) is 37.1 Å². The van der Waals surface area contributed by atoms with Gasteiger partial charge in [-0.15, -0.1) is 0 Å². The zero-order chi connectivity index (χ0) is 22.3. The van der Waals surface area contributed by atoms with E-state index < -0.39 is 0 Å². The van der Waals surface area contributed by atoms with E-state index in [0.717, 1.165) is 52.4 Å². The predicted octanol–water partition coefficient (Wildman–Crippen LogP) is 4.18. The van der Waals surface area contributed by atoms with E-state index in [2.05, 4.69) is 13.0 Å². The third-order valence-electron chi connectivity index (χ3n) is 6.01. The zero-order valence-corrected chi connectivity index (χ0v) is 18.9. The fourth-order valence-corrected chi connectivity index (χ4v) is 4.59. The molecule has 2 aliphatic rings. The lowest BCUT2D eigenvalue weighted by Gasteiger charge is -2.36. The summed E-state index contributed by atoms with van der Waals surface area (Å²) in [5.74, 6) is 1.54. The molecule has 2 aromatic rings. The largest absolute Gasteiger partial charge is 0.481 e. The molecule has 0 aliphatic carbocycles.